The van der Waals surface area contributed by atoms with Gasteiger partial charge >= 0.3 is 0 Å². The van der Waals surface area contributed by atoms with Gasteiger partial charge < -0.3 is 5.73 Å². The Bertz CT molecular complexity index is 665. The zero-order valence-corrected chi connectivity index (χ0v) is 11.6. The lowest BCUT2D eigenvalue weighted by Crippen LogP contribution is -2.21. The molecule has 2 aromatic carbocycles. The molecule has 0 aliphatic rings. The molecule has 4 nitrogen and oxygen atoms in total. The summed E-state index contributed by atoms with van der Waals surface area (Å²) in [5.41, 5.74) is 11.0. The second-order valence-electron chi connectivity index (χ2n) is 4.66. The lowest BCUT2D eigenvalue weighted by molar-refractivity contribution is -0.120. The number of carbonyl (C=O) groups is 1. The average molecular weight is 285 g/mol. The van der Waals surface area contributed by atoms with Crippen LogP contribution in [0.15, 0.2) is 53.6 Å². The summed E-state index contributed by atoms with van der Waals surface area (Å²) in [6.45, 7) is 1.78. The number of hydrogen-bond donors (Lipinski definition) is 2. The molecular formula is C16H16FN3O. The number of nitrogens with one attached hydrogen (secondary N) is 1. The van der Waals surface area contributed by atoms with E-state index in [1.54, 1.807) is 31.2 Å². The summed E-state index contributed by atoms with van der Waals surface area (Å²) in [4.78, 5) is 11.8. The van der Waals surface area contributed by atoms with Crippen LogP contribution in [-0.2, 0) is 11.2 Å². The molecule has 0 radical (unpaired) electrons. The number of amides is 1. The molecule has 0 aromatic heterocycles. The summed E-state index contributed by atoms with van der Waals surface area (Å²) in [5, 5.41) is 4.04. The maximum Gasteiger partial charge on any atom is 0.244 e. The van der Waals surface area contributed by atoms with Crippen LogP contribution in [0.2, 0.25) is 0 Å². The number of benzene rings is 2. The maximum atomic E-state index is 12.8. The molecular weight excluding hydrogens is 269 g/mol. The number of hydrazone groups is 1. The largest absolute Gasteiger partial charge is 0.399 e. The van der Waals surface area contributed by atoms with Crippen molar-refractivity contribution in [1.29, 1.82) is 0 Å². The van der Waals surface area contributed by atoms with Gasteiger partial charge in [0.25, 0.3) is 0 Å². The molecule has 0 aliphatic heterocycles. The Morgan fingerprint density at radius 2 is 1.95 bits per heavy atom. The number of rotatable bonds is 4. The molecule has 3 N–H and O–H groups in total. The van der Waals surface area contributed by atoms with E-state index in [2.05, 4.69) is 10.5 Å². The predicted octanol–water partition coefficient (Wildman–Crippen LogP) is 2.49. The molecule has 0 saturated heterocycles. The van der Waals surface area contributed by atoms with E-state index >= 15 is 0 Å². The van der Waals surface area contributed by atoms with Gasteiger partial charge in [-0.25, -0.2) is 9.82 Å². The first-order valence-electron chi connectivity index (χ1n) is 6.48. The molecule has 0 unspecified atom stereocenters. The fourth-order valence-electron chi connectivity index (χ4n) is 1.80. The van der Waals surface area contributed by atoms with E-state index in [4.69, 9.17) is 5.73 Å². The SMILES string of the molecule is C/C(=N/NC(=O)Cc1ccc(F)cc1)c1cccc(N)c1. The fraction of sp³-hybridized carbons (Fsp3) is 0.125. The standard InChI is InChI=1S/C16H16FN3O/c1-11(13-3-2-4-15(18)10-13)19-20-16(21)9-12-5-7-14(17)8-6-12/h2-8,10H,9,18H2,1H3,(H,20,21)/b19-11-. The molecule has 1 amide bonds. The molecule has 0 fully saturated rings. The molecule has 0 spiro atoms. The minimum absolute atomic E-state index is 0.147. The highest BCUT2D eigenvalue weighted by atomic mass is 19.1. The summed E-state index contributed by atoms with van der Waals surface area (Å²) in [6, 6.07) is 13.0. The van der Waals surface area contributed by atoms with Gasteiger partial charge in [-0.2, -0.15) is 5.10 Å². The topological polar surface area (TPSA) is 67.5 Å². The molecule has 0 bridgehead atoms. The maximum absolute atomic E-state index is 12.8. The van der Waals surface area contributed by atoms with Crippen molar-refractivity contribution in [3.05, 3.63) is 65.5 Å². The number of nitrogens with two attached hydrogens (primary N) is 1. The smallest absolute Gasteiger partial charge is 0.244 e. The number of anilines is 1. The Morgan fingerprint density at radius 3 is 2.62 bits per heavy atom. The van der Waals surface area contributed by atoms with Crippen molar-refractivity contribution >= 4 is 17.3 Å². The predicted molar refractivity (Wildman–Crippen MR) is 81.3 cm³/mol. The van der Waals surface area contributed by atoms with Crippen LogP contribution in [0.5, 0.6) is 0 Å². The molecule has 5 heteroatoms. The van der Waals surface area contributed by atoms with Crippen LogP contribution in [0.25, 0.3) is 0 Å². The molecule has 0 saturated carbocycles. The Kier molecular flexibility index (Phi) is 4.66. The number of halogens is 1. The molecule has 108 valence electrons. The van der Waals surface area contributed by atoms with Gasteiger partial charge in [0, 0.05) is 5.69 Å². The summed E-state index contributed by atoms with van der Waals surface area (Å²) >= 11 is 0. The summed E-state index contributed by atoms with van der Waals surface area (Å²) in [6.07, 6.45) is 0.147. The van der Waals surface area contributed by atoms with E-state index in [9.17, 15) is 9.18 Å². The van der Waals surface area contributed by atoms with Crippen molar-refractivity contribution in [3.63, 3.8) is 0 Å². The Hall–Kier alpha value is -2.69. The number of nitrogens with zero attached hydrogens (tertiary/aromatic N) is 1. The molecule has 0 atom stereocenters. The normalized spacial score (nSPS) is 11.2. The van der Waals surface area contributed by atoms with Crippen molar-refractivity contribution in [1.82, 2.24) is 5.43 Å². The van der Waals surface area contributed by atoms with Crippen LogP contribution in [0, 0.1) is 5.82 Å². The third-order valence-electron chi connectivity index (χ3n) is 2.93. The van der Waals surface area contributed by atoms with Crippen molar-refractivity contribution in [2.75, 3.05) is 5.73 Å². The van der Waals surface area contributed by atoms with Crippen LogP contribution in [0.4, 0.5) is 10.1 Å². The number of hydrogen-bond acceptors (Lipinski definition) is 3. The van der Waals surface area contributed by atoms with Gasteiger partial charge in [0.1, 0.15) is 5.82 Å². The van der Waals surface area contributed by atoms with Crippen molar-refractivity contribution < 1.29 is 9.18 Å². The zero-order chi connectivity index (χ0) is 15.2. The molecule has 0 aliphatic carbocycles. The van der Waals surface area contributed by atoms with E-state index in [1.807, 2.05) is 12.1 Å². The second kappa shape index (κ2) is 6.65. The second-order valence-corrected chi connectivity index (χ2v) is 4.66. The van der Waals surface area contributed by atoms with E-state index in [0.717, 1.165) is 11.1 Å². The van der Waals surface area contributed by atoms with Crippen LogP contribution in [0.1, 0.15) is 18.1 Å². The third-order valence-corrected chi connectivity index (χ3v) is 2.93. The van der Waals surface area contributed by atoms with Crippen LogP contribution >= 0.6 is 0 Å². The van der Waals surface area contributed by atoms with Gasteiger partial charge in [-0.15, -0.1) is 0 Å². The van der Waals surface area contributed by atoms with Crippen molar-refractivity contribution in [3.8, 4) is 0 Å². The minimum Gasteiger partial charge on any atom is -0.399 e. The van der Waals surface area contributed by atoms with Gasteiger partial charge in [-0.3, -0.25) is 4.79 Å². The lowest BCUT2D eigenvalue weighted by Gasteiger charge is -2.04. The van der Waals surface area contributed by atoms with Crippen molar-refractivity contribution in [2.24, 2.45) is 5.10 Å². The lowest BCUT2D eigenvalue weighted by atomic mass is 10.1. The van der Waals surface area contributed by atoms with E-state index < -0.39 is 0 Å². The first-order valence-corrected chi connectivity index (χ1v) is 6.48. The first-order chi connectivity index (χ1) is 10.0. The molecule has 2 aromatic rings. The van der Waals surface area contributed by atoms with Crippen molar-refractivity contribution in [2.45, 2.75) is 13.3 Å². The Morgan fingerprint density at radius 1 is 1.24 bits per heavy atom. The highest BCUT2D eigenvalue weighted by Crippen LogP contribution is 2.07. The highest BCUT2D eigenvalue weighted by Gasteiger charge is 2.04. The van der Waals surface area contributed by atoms with Crippen LogP contribution < -0.4 is 11.2 Å². The summed E-state index contributed by atoms with van der Waals surface area (Å²) < 4.78 is 12.8. The first kappa shape index (κ1) is 14.7. The Balaban J connectivity index is 1.96. The molecule has 21 heavy (non-hydrogen) atoms. The van der Waals surface area contributed by atoms with Crippen LogP contribution in [-0.4, -0.2) is 11.6 Å². The van der Waals surface area contributed by atoms with Gasteiger partial charge in [0.05, 0.1) is 12.1 Å². The summed E-state index contributed by atoms with van der Waals surface area (Å²) in [5.74, 6) is -0.584. The average Bonchev–Trinajstić information content (AvgIpc) is 2.47. The highest BCUT2D eigenvalue weighted by molar-refractivity contribution is 5.99. The Labute approximate surface area is 122 Å². The minimum atomic E-state index is -0.324. The van der Waals surface area contributed by atoms with Gasteiger partial charge in [-0.1, -0.05) is 24.3 Å². The van der Waals surface area contributed by atoms with E-state index in [0.29, 0.717) is 11.4 Å². The van der Waals surface area contributed by atoms with E-state index in [1.165, 1.54) is 12.1 Å². The monoisotopic (exact) mass is 285 g/mol. The quantitative estimate of drug-likeness (QED) is 0.515. The van der Waals surface area contributed by atoms with Gasteiger partial charge in [-0.05, 0) is 42.3 Å². The van der Waals surface area contributed by atoms with Gasteiger partial charge in [0.15, 0.2) is 0 Å². The molecule has 2 rings (SSSR count). The number of nitrogen functional groups attached to an aromatic ring is 1. The number of carbonyl (C=O) groups excluding carboxylic acids is 1. The van der Waals surface area contributed by atoms with Crippen LogP contribution in [0.3, 0.4) is 0 Å². The summed E-state index contributed by atoms with van der Waals surface area (Å²) in [7, 11) is 0. The van der Waals surface area contributed by atoms with Gasteiger partial charge in [0.2, 0.25) is 5.91 Å². The fourth-order valence-corrected chi connectivity index (χ4v) is 1.80. The zero-order valence-electron chi connectivity index (χ0n) is 11.6. The molecule has 0 heterocycles. The van der Waals surface area contributed by atoms with E-state index in [-0.39, 0.29) is 18.1 Å². The third kappa shape index (κ3) is 4.42.